The maximum atomic E-state index is 3.64. The van der Waals surface area contributed by atoms with E-state index in [4.69, 9.17) is 0 Å². The summed E-state index contributed by atoms with van der Waals surface area (Å²) in [7, 11) is 0. The highest BCUT2D eigenvalue weighted by atomic mass is 79.9. The van der Waals surface area contributed by atoms with Crippen LogP contribution in [-0.2, 0) is 6.42 Å². The molecule has 0 unspecified atom stereocenters. The Bertz CT molecular complexity index is 360. The third kappa shape index (κ3) is 10.1. The van der Waals surface area contributed by atoms with Gasteiger partial charge < -0.3 is 0 Å². The maximum absolute atomic E-state index is 3.64. The van der Waals surface area contributed by atoms with Gasteiger partial charge in [0.15, 0.2) is 0 Å². The van der Waals surface area contributed by atoms with Crippen LogP contribution < -0.4 is 0 Å². The minimum absolute atomic E-state index is 1.22. The van der Waals surface area contributed by atoms with Gasteiger partial charge in [-0.15, -0.1) is 11.3 Å². The van der Waals surface area contributed by atoms with E-state index in [2.05, 4.69) is 44.8 Å². The summed E-state index contributed by atoms with van der Waals surface area (Å²) in [6, 6.07) is 2.26. The molecule has 3 heteroatoms. The number of halogens is 2. The SMILES string of the molecule is CCCCCCCCCCCCCCc1cc(Br)sc1Br. The van der Waals surface area contributed by atoms with Gasteiger partial charge in [-0.25, -0.2) is 0 Å². The Morgan fingerprint density at radius 1 is 0.762 bits per heavy atom. The Balaban J connectivity index is 1.84. The molecule has 0 aliphatic heterocycles. The highest BCUT2D eigenvalue weighted by Gasteiger charge is 2.04. The molecule has 0 amide bonds. The summed E-state index contributed by atoms with van der Waals surface area (Å²) in [5, 5.41) is 0. The van der Waals surface area contributed by atoms with Crippen molar-refractivity contribution in [3.8, 4) is 0 Å². The van der Waals surface area contributed by atoms with Crippen molar-refractivity contribution in [2.24, 2.45) is 0 Å². The highest BCUT2D eigenvalue weighted by molar-refractivity contribution is 9.12. The average molecular weight is 438 g/mol. The number of unbranched alkanes of at least 4 members (excludes halogenated alkanes) is 11. The van der Waals surface area contributed by atoms with Crippen LogP contribution in [0, 0.1) is 0 Å². The standard InChI is InChI=1S/C18H30Br2S/c1-2-3-4-5-6-7-8-9-10-11-12-13-14-16-15-17(19)21-18(16)20/h15H,2-14H2,1H3. The number of hydrogen-bond acceptors (Lipinski definition) is 1. The number of hydrogen-bond donors (Lipinski definition) is 0. The average Bonchev–Trinajstić information content (AvgIpc) is 2.78. The zero-order valence-electron chi connectivity index (χ0n) is 13.4. The number of thiophene rings is 1. The first kappa shape index (κ1) is 19.7. The van der Waals surface area contributed by atoms with Crippen LogP contribution in [0.2, 0.25) is 0 Å². The molecule has 0 nitrogen and oxygen atoms in total. The van der Waals surface area contributed by atoms with Crippen LogP contribution in [0.25, 0.3) is 0 Å². The number of aryl methyl sites for hydroxylation is 1. The lowest BCUT2D eigenvalue weighted by Crippen LogP contribution is -1.85. The molecule has 1 rings (SSSR count). The van der Waals surface area contributed by atoms with Gasteiger partial charge in [0.1, 0.15) is 0 Å². The quantitative estimate of drug-likeness (QED) is 0.271. The lowest BCUT2D eigenvalue weighted by atomic mass is 10.0. The zero-order valence-corrected chi connectivity index (χ0v) is 17.4. The van der Waals surface area contributed by atoms with E-state index >= 15 is 0 Å². The molecule has 1 aromatic rings. The molecule has 0 N–H and O–H groups in total. The molecule has 0 radical (unpaired) electrons. The minimum atomic E-state index is 1.22. The summed E-state index contributed by atoms with van der Waals surface area (Å²) in [6.45, 7) is 2.29. The summed E-state index contributed by atoms with van der Waals surface area (Å²) in [5.41, 5.74) is 1.47. The van der Waals surface area contributed by atoms with Crippen molar-refractivity contribution in [3.63, 3.8) is 0 Å². The molecule has 0 saturated carbocycles. The molecule has 0 saturated heterocycles. The summed E-state index contributed by atoms with van der Waals surface area (Å²) < 4.78 is 2.54. The normalized spacial score (nSPS) is 11.2. The van der Waals surface area contributed by atoms with Gasteiger partial charge in [0.05, 0.1) is 7.57 Å². The molecular formula is C18H30Br2S. The van der Waals surface area contributed by atoms with Crippen molar-refractivity contribution < 1.29 is 0 Å². The fourth-order valence-electron chi connectivity index (χ4n) is 2.70. The van der Waals surface area contributed by atoms with Crippen molar-refractivity contribution in [2.45, 2.75) is 90.4 Å². The second-order valence-corrected chi connectivity index (χ2v) is 9.74. The van der Waals surface area contributed by atoms with Crippen molar-refractivity contribution in [3.05, 3.63) is 19.2 Å². The molecule has 0 spiro atoms. The first-order valence-corrected chi connectivity index (χ1v) is 11.1. The van der Waals surface area contributed by atoms with Crippen LogP contribution >= 0.6 is 43.2 Å². The van der Waals surface area contributed by atoms with E-state index in [0.717, 1.165) is 0 Å². The van der Waals surface area contributed by atoms with Gasteiger partial charge in [0.25, 0.3) is 0 Å². The van der Waals surface area contributed by atoms with Gasteiger partial charge in [0.2, 0.25) is 0 Å². The first-order valence-electron chi connectivity index (χ1n) is 8.67. The Morgan fingerprint density at radius 3 is 1.67 bits per heavy atom. The van der Waals surface area contributed by atoms with E-state index in [-0.39, 0.29) is 0 Å². The van der Waals surface area contributed by atoms with E-state index < -0.39 is 0 Å². The van der Waals surface area contributed by atoms with Gasteiger partial charge in [-0.3, -0.25) is 0 Å². The fraction of sp³-hybridized carbons (Fsp3) is 0.778. The van der Waals surface area contributed by atoms with Crippen molar-refractivity contribution in [1.82, 2.24) is 0 Å². The Kier molecular flexibility index (Phi) is 12.3. The van der Waals surface area contributed by atoms with E-state index in [1.54, 1.807) is 11.3 Å². The first-order chi connectivity index (χ1) is 10.2. The summed E-state index contributed by atoms with van der Waals surface area (Å²) in [6.07, 6.45) is 18.3. The van der Waals surface area contributed by atoms with Gasteiger partial charge >= 0.3 is 0 Å². The third-order valence-corrected chi connectivity index (χ3v) is 6.49. The lowest BCUT2D eigenvalue weighted by Gasteiger charge is -2.03. The monoisotopic (exact) mass is 436 g/mol. The molecular weight excluding hydrogens is 408 g/mol. The van der Waals surface area contributed by atoms with Crippen LogP contribution in [0.5, 0.6) is 0 Å². The molecule has 0 atom stereocenters. The summed E-state index contributed by atoms with van der Waals surface area (Å²) >= 11 is 8.98. The van der Waals surface area contributed by atoms with Crippen molar-refractivity contribution >= 4 is 43.2 Å². The van der Waals surface area contributed by atoms with Crippen molar-refractivity contribution in [1.29, 1.82) is 0 Å². The minimum Gasteiger partial charge on any atom is -0.121 e. The van der Waals surface area contributed by atoms with E-state index in [0.29, 0.717) is 0 Å². The molecule has 0 aromatic carbocycles. The van der Waals surface area contributed by atoms with E-state index in [1.165, 1.54) is 96.6 Å². The van der Waals surface area contributed by atoms with Gasteiger partial charge in [-0.2, -0.15) is 0 Å². The van der Waals surface area contributed by atoms with Crippen LogP contribution in [0.3, 0.4) is 0 Å². The predicted octanol–water partition coefficient (Wildman–Crippen LogP) is 8.52. The van der Waals surface area contributed by atoms with Gasteiger partial charge in [0, 0.05) is 0 Å². The smallest absolute Gasteiger partial charge is 0.0742 e. The van der Waals surface area contributed by atoms with Crippen LogP contribution in [0.4, 0.5) is 0 Å². The molecule has 1 heterocycles. The molecule has 0 aliphatic carbocycles. The van der Waals surface area contributed by atoms with Crippen LogP contribution in [0.1, 0.15) is 89.5 Å². The largest absolute Gasteiger partial charge is 0.121 e. The van der Waals surface area contributed by atoms with Crippen molar-refractivity contribution in [2.75, 3.05) is 0 Å². The van der Waals surface area contributed by atoms with E-state index in [9.17, 15) is 0 Å². The maximum Gasteiger partial charge on any atom is 0.0742 e. The molecule has 0 bridgehead atoms. The second-order valence-electron chi connectivity index (χ2n) is 5.99. The highest BCUT2D eigenvalue weighted by Crippen LogP contribution is 2.32. The van der Waals surface area contributed by atoms with Gasteiger partial charge in [-0.05, 0) is 56.3 Å². The predicted molar refractivity (Wildman–Crippen MR) is 105 cm³/mol. The summed E-state index contributed by atoms with van der Waals surface area (Å²) in [4.78, 5) is 0. The molecule has 21 heavy (non-hydrogen) atoms. The topological polar surface area (TPSA) is 0 Å². The van der Waals surface area contributed by atoms with Crippen LogP contribution in [-0.4, -0.2) is 0 Å². The number of rotatable bonds is 13. The third-order valence-electron chi connectivity index (χ3n) is 4.03. The molecule has 0 aliphatic rings. The summed E-state index contributed by atoms with van der Waals surface area (Å²) in [5.74, 6) is 0. The lowest BCUT2D eigenvalue weighted by molar-refractivity contribution is 0.544. The molecule has 1 aromatic heterocycles. The Hall–Kier alpha value is 0.660. The Labute approximate surface area is 152 Å². The zero-order chi connectivity index (χ0) is 15.3. The second kappa shape index (κ2) is 13.1. The fourth-order valence-corrected chi connectivity index (χ4v) is 5.62. The van der Waals surface area contributed by atoms with E-state index in [1.807, 2.05) is 0 Å². The molecule has 0 fully saturated rings. The Morgan fingerprint density at radius 2 is 1.24 bits per heavy atom. The molecule has 122 valence electrons. The van der Waals surface area contributed by atoms with Gasteiger partial charge in [-0.1, -0.05) is 77.6 Å². The van der Waals surface area contributed by atoms with Crippen LogP contribution in [0.15, 0.2) is 13.6 Å².